The van der Waals surface area contributed by atoms with Crippen LogP contribution in [0.5, 0.6) is 0 Å². The maximum absolute atomic E-state index is 5.15. The molecule has 2 N–H and O–H groups in total. The molecule has 0 aliphatic heterocycles. The van der Waals surface area contributed by atoms with E-state index in [-0.39, 0.29) is 0 Å². The van der Waals surface area contributed by atoms with E-state index in [2.05, 4.69) is 147 Å². The van der Waals surface area contributed by atoms with Crippen LogP contribution in [-0.4, -0.2) is 6.54 Å². The molecule has 1 heteroatoms. The van der Waals surface area contributed by atoms with E-state index in [1.54, 1.807) is 0 Å². The van der Waals surface area contributed by atoms with Crippen molar-refractivity contribution in [3.63, 3.8) is 0 Å². The number of hydrogen-bond acceptors (Lipinski definition) is 1. The van der Waals surface area contributed by atoms with Gasteiger partial charge in [0.05, 0.1) is 0 Å². The monoisotopic (exact) mass is 731 g/mol. The summed E-state index contributed by atoms with van der Waals surface area (Å²) in [7, 11) is 0. The third-order valence-electron chi connectivity index (χ3n) is 10.3. The Kier molecular flexibility index (Phi) is 15.1. The van der Waals surface area contributed by atoms with E-state index in [0.717, 1.165) is 6.42 Å². The summed E-state index contributed by atoms with van der Waals surface area (Å²) < 4.78 is 0. The van der Waals surface area contributed by atoms with Crippen molar-refractivity contribution in [3.05, 3.63) is 198 Å². The van der Waals surface area contributed by atoms with Gasteiger partial charge in [0.15, 0.2) is 0 Å². The lowest BCUT2D eigenvalue weighted by Gasteiger charge is -2.17. The lowest BCUT2D eigenvalue weighted by atomic mass is 9.86. The van der Waals surface area contributed by atoms with Crippen LogP contribution in [0, 0.1) is 0 Å². The van der Waals surface area contributed by atoms with Crippen LogP contribution >= 0.6 is 0 Å². The first-order valence-corrected chi connectivity index (χ1v) is 20.0. The van der Waals surface area contributed by atoms with Crippen LogP contribution in [0.15, 0.2) is 182 Å². The van der Waals surface area contributed by atoms with Gasteiger partial charge in [-0.15, -0.1) is 0 Å². The van der Waals surface area contributed by atoms with Gasteiger partial charge in [0.1, 0.15) is 0 Å². The number of benzene rings is 8. The quantitative estimate of drug-likeness (QED) is 0.106. The van der Waals surface area contributed by atoms with E-state index in [0.29, 0.717) is 6.54 Å². The first kappa shape index (κ1) is 41.1. The van der Waals surface area contributed by atoms with E-state index in [1.807, 2.05) is 83.2 Å². The topological polar surface area (TPSA) is 26.0 Å². The molecule has 0 aliphatic carbocycles. The van der Waals surface area contributed by atoms with Gasteiger partial charge in [-0.05, 0) is 147 Å². The maximum Gasteiger partial charge on any atom is 0.0109 e. The lowest BCUT2D eigenvalue weighted by molar-refractivity contribution is 1.16. The molecule has 0 bridgehead atoms. The van der Waals surface area contributed by atoms with Gasteiger partial charge in [-0.25, -0.2) is 0 Å². The van der Waals surface area contributed by atoms with E-state index in [1.165, 1.54) is 86.9 Å². The van der Waals surface area contributed by atoms with Gasteiger partial charge in [-0.3, -0.25) is 0 Å². The molecular weight excluding hydrogens is 675 g/mol. The van der Waals surface area contributed by atoms with Gasteiger partial charge >= 0.3 is 0 Å². The Bertz CT molecular complexity index is 2700. The van der Waals surface area contributed by atoms with Crippen LogP contribution < -0.4 is 11.0 Å². The molecule has 0 fully saturated rings. The predicted molar refractivity (Wildman–Crippen MR) is 253 cm³/mol. The number of aryl methyl sites for hydroxylation is 1. The molecule has 0 unspecified atom stereocenters. The van der Waals surface area contributed by atoms with Crippen LogP contribution in [-0.2, 0) is 6.42 Å². The Labute approximate surface area is 334 Å². The molecule has 8 aromatic rings. The molecule has 56 heavy (non-hydrogen) atoms. The Morgan fingerprint density at radius 3 is 1.75 bits per heavy atom. The summed E-state index contributed by atoms with van der Waals surface area (Å²) in [6.45, 7) is 15.2. The number of allylic oxidation sites excluding steroid dienone is 7. The predicted octanol–water partition coefficient (Wildman–Crippen LogP) is 14.9. The Morgan fingerprint density at radius 2 is 1.09 bits per heavy atom. The Morgan fingerprint density at radius 1 is 0.482 bits per heavy atom. The largest absolute Gasteiger partial charge is 0.327 e. The van der Waals surface area contributed by atoms with Gasteiger partial charge in [0.2, 0.25) is 0 Å². The third-order valence-corrected chi connectivity index (χ3v) is 10.3. The molecule has 0 atom stereocenters. The molecule has 0 radical (unpaired) electrons. The average Bonchev–Trinajstić information content (AvgIpc) is 3.26. The van der Waals surface area contributed by atoms with Crippen LogP contribution in [0.1, 0.15) is 59.6 Å². The van der Waals surface area contributed by atoms with Crippen molar-refractivity contribution < 1.29 is 0 Å². The molecule has 0 saturated carbocycles. The summed E-state index contributed by atoms with van der Waals surface area (Å²) in [6, 6.07) is 49.5. The summed E-state index contributed by atoms with van der Waals surface area (Å²) in [5.74, 6) is 0. The van der Waals surface area contributed by atoms with Gasteiger partial charge < -0.3 is 5.73 Å². The number of hydrogen-bond donors (Lipinski definition) is 1. The lowest BCUT2D eigenvalue weighted by Crippen LogP contribution is -2.10. The van der Waals surface area contributed by atoms with E-state index < -0.39 is 0 Å². The highest BCUT2D eigenvalue weighted by molar-refractivity contribution is 6.21. The molecule has 0 amide bonds. The van der Waals surface area contributed by atoms with Crippen LogP contribution in [0.4, 0.5) is 0 Å². The first-order valence-electron chi connectivity index (χ1n) is 20.0. The van der Waals surface area contributed by atoms with Crippen molar-refractivity contribution in [1.82, 2.24) is 0 Å². The zero-order chi connectivity index (χ0) is 39.9. The summed E-state index contributed by atoms with van der Waals surface area (Å²) in [5, 5.41) is 14.5. The molecule has 0 aromatic heterocycles. The second kappa shape index (κ2) is 20.6. The minimum Gasteiger partial charge on any atom is -0.327 e. The third kappa shape index (κ3) is 9.25. The maximum atomic E-state index is 5.15. The second-order valence-electron chi connectivity index (χ2n) is 13.7. The van der Waals surface area contributed by atoms with Crippen molar-refractivity contribution in [2.24, 2.45) is 5.73 Å². The van der Waals surface area contributed by atoms with Crippen LogP contribution in [0.2, 0.25) is 0 Å². The summed E-state index contributed by atoms with van der Waals surface area (Å²) in [4.78, 5) is 0. The molecule has 8 rings (SSSR count). The highest BCUT2D eigenvalue weighted by atomic mass is 14.5. The smallest absolute Gasteiger partial charge is 0.0109 e. The summed E-state index contributed by atoms with van der Waals surface area (Å²) >= 11 is 0. The zero-order valence-corrected chi connectivity index (χ0v) is 34.3. The summed E-state index contributed by atoms with van der Waals surface area (Å²) in [5.41, 5.74) is 11.7. The number of rotatable bonds is 5. The Hall–Kier alpha value is -6.02. The highest BCUT2D eigenvalue weighted by Crippen LogP contribution is 2.40. The van der Waals surface area contributed by atoms with Gasteiger partial charge in [0.25, 0.3) is 0 Å². The van der Waals surface area contributed by atoms with Crippen molar-refractivity contribution >= 4 is 59.4 Å². The van der Waals surface area contributed by atoms with E-state index >= 15 is 0 Å². The van der Waals surface area contributed by atoms with Crippen LogP contribution in [0.3, 0.4) is 0 Å². The molecule has 0 heterocycles. The molecular formula is C55H57N. The number of nitrogens with two attached hydrogens (primary N) is 1. The highest BCUT2D eigenvalue weighted by Gasteiger charge is 2.16. The SMILES string of the molecule is C/C=C/C=C/CN.C/C=C\C.C/C=C\C.CCc1ccc2c(-c3cc4ccccc4c4ccccc34)ccc3cc/c(=C(/C)c4ccc5ccccc5c4)c1c32. The molecule has 0 spiro atoms. The fraction of sp³-hybridized carbons (Fsp3) is 0.164. The normalized spacial score (nSPS) is 12.1. The zero-order valence-electron chi connectivity index (χ0n) is 34.3. The molecule has 8 aromatic carbocycles. The molecule has 282 valence electrons. The van der Waals surface area contributed by atoms with Gasteiger partial charge in [0, 0.05) is 6.54 Å². The molecule has 0 aliphatic rings. The van der Waals surface area contributed by atoms with Gasteiger partial charge in [-0.1, -0.05) is 177 Å². The van der Waals surface area contributed by atoms with Crippen molar-refractivity contribution in [2.45, 2.75) is 54.9 Å². The minimum atomic E-state index is 0.629. The Balaban J connectivity index is 0.000000344. The standard InChI is InChI=1S/C41H30.C6H11N.2C4H8/c1-3-27-18-23-38-37(39-25-32-12-6-7-13-34(32)35-14-8-9-15-36(35)39)22-20-29-19-21-33(40(27)41(29)38)26(2)30-17-16-28-10-4-5-11-31(28)24-30;1-2-3-4-5-6-7;2*1-3-4-2/h4-25H,3H2,1-2H3;2-5H,6-7H2,1H3;2*3-4H,1-2H3/b33-26+;3-2+,5-4+;2*4-3-. The molecule has 1 nitrogen and oxygen atoms in total. The second-order valence-corrected chi connectivity index (χ2v) is 13.7. The van der Waals surface area contributed by atoms with Crippen molar-refractivity contribution in [2.75, 3.05) is 6.54 Å². The van der Waals surface area contributed by atoms with Crippen LogP contribution in [0.25, 0.3) is 70.6 Å². The van der Waals surface area contributed by atoms with E-state index in [9.17, 15) is 0 Å². The number of fused-ring (bicyclic) bond motifs is 4. The fourth-order valence-electron chi connectivity index (χ4n) is 7.18. The minimum absolute atomic E-state index is 0.629. The van der Waals surface area contributed by atoms with Crippen molar-refractivity contribution in [3.8, 4) is 11.1 Å². The molecule has 0 saturated heterocycles. The van der Waals surface area contributed by atoms with Crippen molar-refractivity contribution in [1.29, 1.82) is 0 Å². The average molecular weight is 732 g/mol. The fourth-order valence-corrected chi connectivity index (χ4v) is 7.18. The van der Waals surface area contributed by atoms with Gasteiger partial charge in [-0.2, -0.15) is 0 Å². The summed E-state index contributed by atoms with van der Waals surface area (Å²) in [6.07, 6.45) is 16.7. The van der Waals surface area contributed by atoms with E-state index in [4.69, 9.17) is 5.73 Å². The first-order chi connectivity index (χ1) is 27.5.